The third-order valence-electron chi connectivity index (χ3n) is 2.78. The first-order valence-electron chi connectivity index (χ1n) is 6.03. The van der Waals surface area contributed by atoms with Gasteiger partial charge in [-0.3, -0.25) is 0 Å². The van der Waals surface area contributed by atoms with Crippen molar-refractivity contribution >= 4 is 23.1 Å². The molecule has 4 nitrogen and oxygen atoms in total. The van der Waals surface area contributed by atoms with Crippen LogP contribution in [0.2, 0.25) is 5.15 Å². The summed E-state index contributed by atoms with van der Waals surface area (Å²) in [5, 5.41) is 3.49. The van der Waals surface area contributed by atoms with Crippen LogP contribution in [0.3, 0.4) is 0 Å². The zero-order valence-corrected chi connectivity index (χ0v) is 11.9. The van der Waals surface area contributed by atoms with Crippen molar-refractivity contribution < 1.29 is 4.74 Å². The van der Waals surface area contributed by atoms with Crippen molar-refractivity contribution in [1.29, 1.82) is 0 Å². The van der Waals surface area contributed by atoms with Crippen molar-refractivity contribution in [3.05, 3.63) is 41.3 Å². The highest BCUT2D eigenvalue weighted by Gasteiger charge is 2.10. The van der Waals surface area contributed by atoms with E-state index in [-0.39, 0.29) is 0 Å². The van der Waals surface area contributed by atoms with Crippen molar-refractivity contribution in [2.45, 2.75) is 19.8 Å². The quantitative estimate of drug-likeness (QED) is 0.858. The van der Waals surface area contributed by atoms with Crippen molar-refractivity contribution in [2.75, 3.05) is 12.4 Å². The maximum Gasteiger partial charge on any atom is 0.199 e. The van der Waals surface area contributed by atoms with Gasteiger partial charge in [0, 0.05) is 5.69 Å². The Hall–Kier alpha value is -1.81. The van der Waals surface area contributed by atoms with Crippen LogP contribution < -0.4 is 10.1 Å². The van der Waals surface area contributed by atoms with Crippen LogP contribution in [0, 0.1) is 0 Å². The lowest BCUT2D eigenvalue weighted by molar-refractivity contribution is 0.413. The van der Waals surface area contributed by atoms with Gasteiger partial charge in [0.2, 0.25) is 0 Å². The first kappa shape index (κ1) is 13.6. The average molecular weight is 278 g/mol. The van der Waals surface area contributed by atoms with E-state index in [9.17, 15) is 0 Å². The minimum absolute atomic E-state index is 0.292. The van der Waals surface area contributed by atoms with Crippen LogP contribution in [0.1, 0.15) is 25.3 Å². The van der Waals surface area contributed by atoms with E-state index in [1.54, 1.807) is 7.11 Å². The van der Waals surface area contributed by atoms with E-state index in [1.807, 2.05) is 12.1 Å². The van der Waals surface area contributed by atoms with E-state index in [0.29, 0.717) is 22.6 Å². The third kappa shape index (κ3) is 3.15. The molecule has 0 saturated carbocycles. The van der Waals surface area contributed by atoms with Gasteiger partial charge in [0.25, 0.3) is 0 Å². The van der Waals surface area contributed by atoms with Crippen molar-refractivity contribution in [2.24, 2.45) is 0 Å². The molecule has 1 N–H and O–H groups in total. The molecule has 1 heterocycles. The monoisotopic (exact) mass is 277 g/mol. The summed E-state index contributed by atoms with van der Waals surface area (Å²) in [4.78, 5) is 8.04. The first-order valence-corrected chi connectivity index (χ1v) is 6.41. The molecule has 0 spiro atoms. The van der Waals surface area contributed by atoms with Crippen LogP contribution >= 0.6 is 11.6 Å². The molecule has 0 radical (unpaired) electrons. The first-order chi connectivity index (χ1) is 9.11. The van der Waals surface area contributed by atoms with Crippen molar-refractivity contribution in [3.8, 4) is 5.75 Å². The summed E-state index contributed by atoms with van der Waals surface area (Å²) in [5.74, 6) is 1.47. The van der Waals surface area contributed by atoms with Gasteiger partial charge in [0.15, 0.2) is 16.7 Å². The number of ether oxygens (including phenoxy) is 1. The molecule has 0 aliphatic rings. The molecule has 0 unspecified atom stereocenters. The molecule has 0 aliphatic heterocycles. The van der Waals surface area contributed by atoms with Crippen LogP contribution in [0.25, 0.3) is 0 Å². The standard InChI is InChI=1S/C14H16ClN3O/c1-9(2)10-5-4-6-11(7-10)18-14-12(19-3)13(15)16-8-17-14/h4-9H,1-3H3,(H,16,17,18). The Morgan fingerprint density at radius 2 is 2.05 bits per heavy atom. The zero-order chi connectivity index (χ0) is 13.8. The maximum absolute atomic E-state index is 5.96. The number of hydrogen-bond acceptors (Lipinski definition) is 4. The second kappa shape index (κ2) is 5.89. The lowest BCUT2D eigenvalue weighted by Gasteiger charge is -2.12. The summed E-state index contributed by atoms with van der Waals surface area (Å²) in [7, 11) is 1.54. The molecule has 0 bridgehead atoms. The number of halogens is 1. The lowest BCUT2D eigenvalue weighted by atomic mass is 10.0. The van der Waals surface area contributed by atoms with Crippen LogP contribution in [0.15, 0.2) is 30.6 Å². The Balaban J connectivity index is 2.31. The third-order valence-corrected chi connectivity index (χ3v) is 3.05. The Kier molecular flexibility index (Phi) is 4.22. The SMILES string of the molecule is COc1c(Cl)ncnc1Nc1cccc(C(C)C)c1. The fourth-order valence-electron chi connectivity index (χ4n) is 1.73. The van der Waals surface area contributed by atoms with Gasteiger partial charge in [-0.15, -0.1) is 0 Å². The van der Waals surface area contributed by atoms with E-state index in [0.717, 1.165) is 5.69 Å². The van der Waals surface area contributed by atoms with Gasteiger partial charge in [0.05, 0.1) is 7.11 Å². The molecule has 19 heavy (non-hydrogen) atoms. The summed E-state index contributed by atoms with van der Waals surface area (Å²) in [6, 6.07) is 8.16. The van der Waals surface area contributed by atoms with Gasteiger partial charge in [-0.1, -0.05) is 37.6 Å². The van der Waals surface area contributed by atoms with Gasteiger partial charge in [-0.05, 0) is 23.6 Å². The van der Waals surface area contributed by atoms with Crippen LogP contribution in [0.5, 0.6) is 5.75 Å². The molecule has 0 aliphatic carbocycles. The zero-order valence-electron chi connectivity index (χ0n) is 11.1. The van der Waals surface area contributed by atoms with Crippen LogP contribution in [-0.4, -0.2) is 17.1 Å². The summed E-state index contributed by atoms with van der Waals surface area (Å²) >= 11 is 5.96. The fraction of sp³-hybridized carbons (Fsp3) is 0.286. The predicted molar refractivity (Wildman–Crippen MR) is 77.4 cm³/mol. The van der Waals surface area contributed by atoms with Gasteiger partial charge >= 0.3 is 0 Å². The minimum Gasteiger partial charge on any atom is -0.490 e. The van der Waals surface area contributed by atoms with E-state index in [4.69, 9.17) is 16.3 Å². The molecule has 2 aromatic rings. The molecule has 2 rings (SSSR count). The predicted octanol–water partition coefficient (Wildman–Crippen LogP) is 4.01. The summed E-state index contributed by atoms with van der Waals surface area (Å²) in [6.45, 7) is 4.31. The fourth-order valence-corrected chi connectivity index (χ4v) is 1.94. The second-order valence-electron chi connectivity index (χ2n) is 4.45. The smallest absolute Gasteiger partial charge is 0.199 e. The lowest BCUT2D eigenvalue weighted by Crippen LogP contribution is -2.00. The number of nitrogens with one attached hydrogen (secondary N) is 1. The molecule has 1 aromatic heterocycles. The molecule has 0 amide bonds. The summed E-state index contributed by atoms with van der Waals surface area (Å²) in [5.41, 5.74) is 2.20. The molecule has 0 saturated heterocycles. The van der Waals surface area contributed by atoms with Gasteiger partial charge in [0.1, 0.15) is 6.33 Å². The van der Waals surface area contributed by atoms with Gasteiger partial charge in [-0.25, -0.2) is 9.97 Å². The Labute approximate surface area is 117 Å². The molecule has 0 fully saturated rings. The Morgan fingerprint density at radius 3 is 2.74 bits per heavy atom. The van der Waals surface area contributed by atoms with E-state index < -0.39 is 0 Å². The average Bonchev–Trinajstić information content (AvgIpc) is 2.39. The van der Waals surface area contributed by atoms with Crippen LogP contribution in [0.4, 0.5) is 11.5 Å². The van der Waals surface area contributed by atoms with Gasteiger partial charge < -0.3 is 10.1 Å². The molecule has 0 atom stereocenters. The number of methoxy groups -OCH3 is 1. The van der Waals surface area contributed by atoms with E-state index in [2.05, 4.69) is 41.3 Å². The highest BCUT2D eigenvalue weighted by molar-refractivity contribution is 6.31. The molecule has 100 valence electrons. The van der Waals surface area contributed by atoms with Crippen molar-refractivity contribution in [1.82, 2.24) is 9.97 Å². The number of benzene rings is 1. The number of rotatable bonds is 4. The van der Waals surface area contributed by atoms with Crippen LogP contribution in [-0.2, 0) is 0 Å². The maximum atomic E-state index is 5.96. The van der Waals surface area contributed by atoms with Gasteiger partial charge in [-0.2, -0.15) is 0 Å². The number of anilines is 2. The highest BCUT2D eigenvalue weighted by atomic mass is 35.5. The molecular weight excluding hydrogens is 262 g/mol. The topological polar surface area (TPSA) is 47.0 Å². The summed E-state index contributed by atoms with van der Waals surface area (Å²) < 4.78 is 5.21. The molecular formula is C14H16ClN3O. The Morgan fingerprint density at radius 1 is 1.26 bits per heavy atom. The van der Waals surface area contributed by atoms with Crippen molar-refractivity contribution in [3.63, 3.8) is 0 Å². The normalized spacial score (nSPS) is 10.6. The Bertz CT molecular complexity index is 572. The minimum atomic E-state index is 0.292. The number of aromatic nitrogens is 2. The van der Waals surface area contributed by atoms with E-state index in [1.165, 1.54) is 11.9 Å². The van der Waals surface area contributed by atoms with E-state index >= 15 is 0 Å². The highest BCUT2D eigenvalue weighted by Crippen LogP contribution is 2.31. The number of hydrogen-bond donors (Lipinski definition) is 1. The molecule has 5 heteroatoms. The summed E-state index contributed by atoms with van der Waals surface area (Å²) in [6.07, 6.45) is 1.40. The largest absolute Gasteiger partial charge is 0.490 e. The second-order valence-corrected chi connectivity index (χ2v) is 4.81. The molecule has 1 aromatic carbocycles. The number of nitrogens with zero attached hydrogens (tertiary/aromatic N) is 2.